The molecule has 0 aromatic rings. The Morgan fingerprint density at radius 1 is 1.00 bits per heavy atom. The minimum absolute atomic E-state index is 0.132. The van der Waals surface area contributed by atoms with Gasteiger partial charge in [-0.25, -0.2) is 3.63 Å². The van der Waals surface area contributed by atoms with E-state index in [-0.39, 0.29) is 22.7 Å². The van der Waals surface area contributed by atoms with E-state index in [4.69, 9.17) is 3.63 Å². The van der Waals surface area contributed by atoms with Crippen molar-refractivity contribution in [3.8, 4) is 0 Å². The van der Waals surface area contributed by atoms with Crippen molar-refractivity contribution in [1.82, 2.24) is 0 Å². The van der Waals surface area contributed by atoms with Crippen LogP contribution in [0.2, 0.25) is 0 Å². The first kappa shape index (κ1) is 20.0. The highest BCUT2D eigenvalue weighted by Gasteiger charge is 2.52. The molecule has 0 saturated heterocycles. The lowest BCUT2D eigenvalue weighted by Gasteiger charge is -2.43. The summed E-state index contributed by atoms with van der Waals surface area (Å²) >= 11 is 0. The first-order valence-electron chi connectivity index (χ1n) is 8.35. The van der Waals surface area contributed by atoms with Gasteiger partial charge in [-0.3, -0.25) is 4.79 Å². The van der Waals surface area contributed by atoms with Crippen LogP contribution < -0.4 is 0 Å². The first-order valence-corrected chi connectivity index (χ1v) is 12.0. The lowest BCUT2D eigenvalue weighted by Crippen LogP contribution is -2.35. The predicted octanol–water partition coefficient (Wildman–Crippen LogP) is 4.29. The molecule has 2 fully saturated rings. The molecule has 2 saturated carbocycles. The molecule has 0 radical (unpaired) electrons. The Kier molecular flexibility index (Phi) is 6.29. The molecule has 0 heterocycles. The van der Waals surface area contributed by atoms with Crippen molar-refractivity contribution in [2.24, 2.45) is 5.92 Å². The minimum Gasteiger partial charge on any atom is -0.298 e. The third-order valence-electron chi connectivity index (χ3n) is 5.03. The van der Waals surface area contributed by atoms with E-state index >= 15 is 0 Å². The number of ketones is 1. The summed E-state index contributed by atoms with van der Waals surface area (Å²) in [6, 6.07) is 0. The highest BCUT2D eigenvalue weighted by molar-refractivity contribution is 8.33. The van der Waals surface area contributed by atoms with Gasteiger partial charge in [-0.15, -0.1) is 10.3 Å². The topological polar surface area (TPSA) is 60.4 Å². The van der Waals surface area contributed by atoms with Crippen LogP contribution in [-0.2, 0) is 18.5 Å². The van der Waals surface area contributed by atoms with E-state index in [9.17, 15) is 26.4 Å². The summed E-state index contributed by atoms with van der Waals surface area (Å²) in [5, 5.41) is -0.270. The van der Waals surface area contributed by atoms with Crippen molar-refractivity contribution in [3.05, 3.63) is 0 Å². The van der Waals surface area contributed by atoms with E-state index in [1.807, 2.05) is 0 Å². The quantitative estimate of drug-likeness (QED) is 0.635. The van der Waals surface area contributed by atoms with Gasteiger partial charge >= 0.3 is 15.6 Å². The van der Waals surface area contributed by atoms with Crippen LogP contribution in [0.25, 0.3) is 0 Å². The van der Waals surface area contributed by atoms with Crippen LogP contribution in [0.1, 0.15) is 57.8 Å². The molecule has 2 aliphatic rings. The van der Waals surface area contributed by atoms with E-state index in [0.717, 1.165) is 44.9 Å². The molecule has 0 aliphatic heterocycles. The Hall–Kier alpha value is -0.280. The van der Waals surface area contributed by atoms with Crippen LogP contribution in [0, 0.1) is 5.92 Å². The number of carbonyl (C=O) groups is 1. The maximum absolute atomic E-state index is 12.8. The predicted molar refractivity (Wildman–Crippen MR) is 88.3 cm³/mol. The maximum atomic E-state index is 12.8. The molecule has 1 atom stereocenters. The molecule has 0 N–H and O–H groups in total. The van der Waals surface area contributed by atoms with Gasteiger partial charge < -0.3 is 0 Å². The van der Waals surface area contributed by atoms with Gasteiger partial charge in [0.1, 0.15) is 5.78 Å². The van der Waals surface area contributed by atoms with Crippen LogP contribution in [0.15, 0.2) is 0 Å². The Morgan fingerprint density at radius 2 is 1.50 bits per heavy atom. The summed E-state index contributed by atoms with van der Waals surface area (Å²) in [7, 11) is -8.36. The number of hydrogen-bond donors (Lipinski definition) is 0. The second-order valence-electron chi connectivity index (χ2n) is 6.89. The smallest absolute Gasteiger partial charge is 0.298 e. The summed E-state index contributed by atoms with van der Waals surface area (Å²) in [5.74, 6) is -0.469. The summed E-state index contributed by atoms with van der Waals surface area (Å²) in [6.07, 6.45) is 8.69. The molecule has 1 unspecified atom stereocenters. The first-order chi connectivity index (χ1) is 11.1. The fraction of sp³-hybridized carbons (Fsp3) is 0.933. The SMILES string of the molecule is CS(CC(=O)C1CCCC1)(OS(=O)(=O)C(F)(F)F)C1CCCCC1. The van der Waals surface area contributed by atoms with Gasteiger partial charge in [0.25, 0.3) is 0 Å². The molecule has 4 nitrogen and oxygen atoms in total. The number of carbonyl (C=O) groups excluding carboxylic acids is 1. The number of rotatable bonds is 6. The standard InChI is InChI=1S/C15H25F3O4S2/c1-23(13-9-3-2-4-10-13,22-24(20,21)15(16,17)18)11-14(19)12-7-5-6-8-12/h12-13H,2-11H2,1H3. The van der Waals surface area contributed by atoms with Crippen molar-refractivity contribution in [2.75, 3.05) is 12.0 Å². The van der Waals surface area contributed by atoms with Crippen molar-refractivity contribution in [1.29, 1.82) is 0 Å². The Balaban J connectivity index is 2.21. The van der Waals surface area contributed by atoms with Crippen LogP contribution >= 0.6 is 10.3 Å². The van der Waals surface area contributed by atoms with Crippen LogP contribution in [0.5, 0.6) is 0 Å². The fourth-order valence-corrected chi connectivity index (χ4v) is 8.60. The molecule has 0 spiro atoms. The highest BCUT2D eigenvalue weighted by atomic mass is 32.3. The molecular formula is C15H25F3O4S2. The summed E-state index contributed by atoms with van der Waals surface area (Å²) in [5.41, 5.74) is -5.45. The zero-order valence-corrected chi connectivity index (χ0v) is 15.4. The van der Waals surface area contributed by atoms with Gasteiger partial charge in [0.05, 0.1) is 5.75 Å². The molecular weight excluding hydrogens is 365 g/mol. The van der Waals surface area contributed by atoms with E-state index < -0.39 is 25.9 Å². The molecule has 2 aliphatic carbocycles. The average Bonchev–Trinajstić information content (AvgIpc) is 3.00. The summed E-state index contributed by atoms with van der Waals surface area (Å²) in [4.78, 5) is 12.5. The van der Waals surface area contributed by atoms with Gasteiger partial charge in [-0.05, 0) is 31.9 Å². The number of halogens is 3. The van der Waals surface area contributed by atoms with Crippen molar-refractivity contribution >= 4 is 26.2 Å². The minimum atomic E-state index is -5.69. The Bertz CT molecular complexity index is 550. The summed E-state index contributed by atoms with van der Waals surface area (Å²) < 4.78 is 66.3. The van der Waals surface area contributed by atoms with E-state index in [1.165, 1.54) is 6.26 Å². The van der Waals surface area contributed by atoms with Crippen molar-refractivity contribution in [2.45, 2.75) is 68.5 Å². The second-order valence-corrected chi connectivity index (χ2v) is 11.9. The lowest BCUT2D eigenvalue weighted by atomic mass is 10.0. The number of hydrogen-bond acceptors (Lipinski definition) is 4. The van der Waals surface area contributed by atoms with Gasteiger partial charge in [0.2, 0.25) is 0 Å². The second kappa shape index (κ2) is 7.53. The monoisotopic (exact) mass is 390 g/mol. The highest BCUT2D eigenvalue weighted by Crippen LogP contribution is 2.58. The molecule has 0 bridgehead atoms. The van der Waals surface area contributed by atoms with E-state index in [0.29, 0.717) is 12.8 Å². The third kappa shape index (κ3) is 4.66. The van der Waals surface area contributed by atoms with Crippen LogP contribution in [-0.4, -0.2) is 37.0 Å². The van der Waals surface area contributed by atoms with Gasteiger partial charge in [0.15, 0.2) is 0 Å². The lowest BCUT2D eigenvalue weighted by molar-refractivity contribution is -0.120. The summed E-state index contributed by atoms with van der Waals surface area (Å²) in [6.45, 7) is 0. The maximum Gasteiger partial charge on any atom is 0.523 e. The molecule has 0 amide bonds. The van der Waals surface area contributed by atoms with Crippen LogP contribution in [0.3, 0.4) is 0 Å². The Morgan fingerprint density at radius 3 is 2.00 bits per heavy atom. The molecule has 0 aromatic carbocycles. The average molecular weight is 390 g/mol. The number of Topliss-reactive ketones (excluding diaryl/α,β-unsaturated/α-hetero) is 1. The largest absolute Gasteiger partial charge is 0.523 e. The molecule has 142 valence electrons. The third-order valence-corrected chi connectivity index (χ3v) is 10.3. The Labute approximate surface area is 143 Å². The van der Waals surface area contributed by atoms with E-state index in [1.54, 1.807) is 0 Å². The van der Waals surface area contributed by atoms with Gasteiger partial charge in [0, 0.05) is 11.2 Å². The molecule has 24 heavy (non-hydrogen) atoms. The zero-order chi connectivity index (χ0) is 18.0. The van der Waals surface area contributed by atoms with Crippen molar-refractivity contribution in [3.63, 3.8) is 0 Å². The van der Waals surface area contributed by atoms with Gasteiger partial charge in [-0.1, -0.05) is 32.1 Å². The van der Waals surface area contributed by atoms with Gasteiger partial charge in [-0.2, -0.15) is 21.6 Å². The zero-order valence-electron chi connectivity index (χ0n) is 13.8. The fourth-order valence-electron chi connectivity index (χ4n) is 3.65. The molecule has 0 aromatic heterocycles. The normalized spacial score (nSPS) is 25.3. The van der Waals surface area contributed by atoms with Crippen LogP contribution in [0.4, 0.5) is 13.2 Å². The molecule has 2 rings (SSSR count). The van der Waals surface area contributed by atoms with Crippen molar-refractivity contribution < 1.29 is 30.0 Å². The van der Waals surface area contributed by atoms with E-state index in [2.05, 4.69) is 0 Å². The number of alkyl halides is 3. The molecule has 9 heteroatoms.